The van der Waals surface area contributed by atoms with Gasteiger partial charge in [-0.15, -0.1) is 11.3 Å². The molecule has 0 saturated carbocycles. The summed E-state index contributed by atoms with van der Waals surface area (Å²) < 4.78 is 39.4. The number of thiazole rings is 1. The van der Waals surface area contributed by atoms with Crippen molar-refractivity contribution >= 4 is 11.3 Å². The van der Waals surface area contributed by atoms with Gasteiger partial charge in [0, 0.05) is 10.9 Å². The Morgan fingerprint density at radius 2 is 1.82 bits per heavy atom. The summed E-state index contributed by atoms with van der Waals surface area (Å²) in [5.74, 6) is -2.39. The maximum atomic E-state index is 13.2. The summed E-state index contributed by atoms with van der Waals surface area (Å²) in [5.41, 5.74) is 1.31. The number of rotatable bonds is 3. The van der Waals surface area contributed by atoms with E-state index in [-0.39, 0.29) is 11.4 Å². The van der Waals surface area contributed by atoms with Gasteiger partial charge in [-0.3, -0.25) is 0 Å². The first kappa shape index (κ1) is 14.7. The zero-order chi connectivity index (χ0) is 15.7. The first-order valence-electron chi connectivity index (χ1n) is 6.39. The lowest BCUT2D eigenvalue weighted by Gasteiger charge is -2.08. The molecule has 0 saturated heterocycles. The Bertz CT molecular complexity index is 819. The van der Waals surface area contributed by atoms with Crippen LogP contribution in [0.2, 0.25) is 0 Å². The highest BCUT2D eigenvalue weighted by molar-refractivity contribution is 7.10. The second-order valence-electron chi connectivity index (χ2n) is 4.66. The van der Waals surface area contributed by atoms with Gasteiger partial charge in [-0.25, -0.2) is 18.2 Å². The lowest BCUT2D eigenvalue weighted by molar-refractivity contribution is 0.219. The highest BCUT2D eigenvalue weighted by atomic mass is 32.1. The minimum atomic E-state index is -1.16. The number of aromatic nitrogens is 1. The lowest BCUT2D eigenvalue weighted by atomic mass is 10.1. The van der Waals surface area contributed by atoms with E-state index in [4.69, 9.17) is 0 Å². The molecule has 3 rings (SSSR count). The van der Waals surface area contributed by atoms with Crippen LogP contribution < -0.4 is 0 Å². The Morgan fingerprint density at radius 1 is 1.00 bits per heavy atom. The van der Waals surface area contributed by atoms with E-state index in [1.54, 1.807) is 17.5 Å². The van der Waals surface area contributed by atoms with Crippen LogP contribution in [0.3, 0.4) is 0 Å². The van der Waals surface area contributed by atoms with Gasteiger partial charge in [-0.2, -0.15) is 0 Å². The molecule has 0 aliphatic heterocycles. The quantitative estimate of drug-likeness (QED) is 0.780. The fourth-order valence-corrected chi connectivity index (χ4v) is 2.86. The molecule has 2 nitrogen and oxygen atoms in total. The molecule has 1 N–H and O–H groups in total. The standard InChI is InChI=1S/C16H10F3NOS/c17-11-3-1-2-9(6-11)14-8-22-16(20-14)15(21)10-4-5-12(18)13(19)7-10/h1-8,15,21H. The van der Waals surface area contributed by atoms with E-state index in [2.05, 4.69) is 4.98 Å². The van der Waals surface area contributed by atoms with Crippen LogP contribution in [-0.4, -0.2) is 10.1 Å². The third kappa shape index (κ3) is 2.88. The zero-order valence-corrected chi connectivity index (χ0v) is 11.9. The average Bonchev–Trinajstić information content (AvgIpc) is 2.99. The maximum absolute atomic E-state index is 13.2. The molecule has 2 aromatic carbocycles. The van der Waals surface area contributed by atoms with Crippen molar-refractivity contribution in [2.24, 2.45) is 0 Å². The van der Waals surface area contributed by atoms with Gasteiger partial charge in [0.25, 0.3) is 0 Å². The van der Waals surface area contributed by atoms with Crippen LogP contribution in [0.5, 0.6) is 0 Å². The number of nitrogens with zero attached hydrogens (tertiary/aromatic N) is 1. The molecule has 1 heterocycles. The Labute approximate surface area is 128 Å². The smallest absolute Gasteiger partial charge is 0.159 e. The third-order valence-electron chi connectivity index (χ3n) is 3.14. The van der Waals surface area contributed by atoms with E-state index in [0.29, 0.717) is 16.3 Å². The molecule has 1 unspecified atom stereocenters. The largest absolute Gasteiger partial charge is 0.381 e. The van der Waals surface area contributed by atoms with Crippen LogP contribution in [0.25, 0.3) is 11.3 Å². The second kappa shape index (κ2) is 5.90. The lowest BCUT2D eigenvalue weighted by Crippen LogP contribution is -2.00. The van der Waals surface area contributed by atoms with E-state index in [1.165, 1.54) is 18.2 Å². The molecule has 1 atom stereocenters. The van der Waals surface area contributed by atoms with Gasteiger partial charge >= 0.3 is 0 Å². The monoisotopic (exact) mass is 321 g/mol. The van der Waals surface area contributed by atoms with Crippen molar-refractivity contribution in [1.29, 1.82) is 0 Å². The van der Waals surface area contributed by atoms with Crippen molar-refractivity contribution < 1.29 is 18.3 Å². The van der Waals surface area contributed by atoms with Crippen molar-refractivity contribution in [2.45, 2.75) is 6.10 Å². The minimum absolute atomic E-state index is 0.207. The van der Waals surface area contributed by atoms with E-state index in [9.17, 15) is 18.3 Å². The van der Waals surface area contributed by atoms with Crippen LogP contribution in [0.4, 0.5) is 13.2 Å². The van der Waals surface area contributed by atoms with Gasteiger partial charge in [0.15, 0.2) is 11.6 Å². The maximum Gasteiger partial charge on any atom is 0.159 e. The highest BCUT2D eigenvalue weighted by Gasteiger charge is 2.17. The van der Waals surface area contributed by atoms with E-state index < -0.39 is 17.7 Å². The van der Waals surface area contributed by atoms with E-state index in [0.717, 1.165) is 23.5 Å². The molecule has 0 aliphatic rings. The van der Waals surface area contributed by atoms with Gasteiger partial charge in [0.2, 0.25) is 0 Å². The number of halogens is 3. The van der Waals surface area contributed by atoms with Crippen molar-refractivity contribution in [2.75, 3.05) is 0 Å². The summed E-state index contributed by atoms with van der Waals surface area (Å²) >= 11 is 1.16. The van der Waals surface area contributed by atoms with Gasteiger partial charge < -0.3 is 5.11 Å². The van der Waals surface area contributed by atoms with E-state index >= 15 is 0 Å². The molecule has 112 valence electrons. The van der Waals surface area contributed by atoms with E-state index in [1.807, 2.05) is 0 Å². The van der Waals surface area contributed by atoms with Crippen LogP contribution in [0.15, 0.2) is 47.8 Å². The molecule has 0 amide bonds. The Morgan fingerprint density at radius 3 is 2.55 bits per heavy atom. The molecule has 0 radical (unpaired) electrons. The number of hydrogen-bond acceptors (Lipinski definition) is 3. The summed E-state index contributed by atoms with van der Waals surface area (Å²) in [5, 5.41) is 12.2. The van der Waals surface area contributed by atoms with Gasteiger partial charge in [0.1, 0.15) is 16.9 Å². The Balaban J connectivity index is 1.91. The van der Waals surface area contributed by atoms with Crippen LogP contribution in [0, 0.1) is 17.5 Å². The molecule has 6 heteroatoms. The summed E-state index contributed by atoms with van der Waals surface area (Å²) in [6.45, 7) is 0. The average molecular weight is 321 g/mol. The summed E-state index contributed by atoms with van der Waals surface area (Å²) in [4.78, 5) is 4.24. The first-order chi connectivity index (χ1) is 10.5. The van der Waals surface area contributed by atoms with Crippen molar-refractivity contribution in [3.8, 4) is 11.3 Å². The van der Waals surface area contributed by atoms with Crippen molar-refractivity contribution in [3.63, 3.8) is 0 Å². The molecule has 22 heavy (non-hydrogen) atoms. The molecule has 3 aromatic rings. The summed E-state index contributed by atoms with van der Waals surface area (Å²) in [7, 11) is 0. The topological polar surface area (TPSA) is 33.1 Å². The summed E-state index contributed by atoms with van der Waals surface area (Å²) in [6, 6.07) is 9.11. The fraction of sp³-hybridized carbons (Fsp3) is 0.0625. The van der Waals surface area contributed by atoms with Crippen LogP contribution in [-0.2, 0) is 0 Å². The van der Waals surface area contributed by atoms with Gasteiger partial charge in [0.05, 0.1) is 5.69 Å². The Hall–Kier alpha value is -2.18. The summed E-state index contributed by atoms with van der Waals surface area (Å²) in [6.07, 6.45) is -1.16. The number of hydrogen-bond donors (Lipinski definition) is 1. The predicted octanol–water partition coefficient (Wildman–Crippen LogP) is 4.31. The van der Waals surface area contributed by atoms with Crippen LogP contribution in [0.1, 0.15) is 16.7 Å². The normalized spacial score (nSPS) is 12.4. The van der Waals surface area contributed by atoms with Gasteiger partial charge in [-0.1, -0.05) is 18.2 Å². The molecule has 0 aliphatic carbocycles. The molecule has 0 spiro atoms. The third-order valence-corrected chi connectivity index (χ3v) is 4.03. The van der Waals surface area contributed by atoms with Gasteiger partial charge in [-0.05, 0) is 29.8 Å². The number of aliphatic hydroxyl groups excluding tert-OH is 1. The van der Waals surface area contributed by atoms with Crippen molar-refractivity contribution in [3.05, 3.63) is 75.9 Å². The second-order valence-corrected chi connectivity index (χ2v) is 5.55. The van der Waals surface area contributed by atoms with Crippen LogP contribution >= 0.6 is 11.3 Å². The SMILES string of the molecule is OC(c1ccc(F)c(F)c1)c1nc(-c2cccc(F)c2)cs1. The Kier molecular flexibility index (Phi) is 3.96. The number of benzene rings is 2. The molecular formula is C16H10F3NOS. The first-order valence-corrected chi connectivity index (χ1v) is 7.27. The fourth-order valence-electron chi connectivity index (χ4n) is 2.02. The molecular weight excluding hydrogens is 311 g/mol. The molecule has 0 bridgehead atoms. The minimum Gasteiger partial charge on any atom is -0.381 e. The molecule has 0 fully saturated rings. The van der Waals surface area contributed by atoms with Crippen molar-refractivity contribution in [1.82, 2.24) is 4.98 Å². The highest BCUT2D eigenvalue weighted by Crippen LogP contribution is 2.29. The predicted molar refractivity (Wildman–Crippen MR) is 77.9 cm³/mol. The zero-order valence-electron chi connectivity index (χ0n) is 11.1. The number of aliphatic hydroxyl groups is 1. The molecule has 1 aromatic heterocycles.